The van der Waals surface area contributed by atoms with Crippen LogP contribution in [0.5, 0.6) is 0 Å². The summed E-state index contributed by atoms with van der Waals surface area (Å²) >= 11 is 1.26. The molecule has 0 bridgehead atoms. The summed E-state index contributed by atoms with van der Waals surface area (Å²) in [6.45, 7) is 11.2. The zero-order valence-corrected chi connectivity index (χ0v) is 20.9. The second-order valence-electron chi connectivity index (χ2n) is 9.60. The highest BCUT2D eigenvalue weighted by molar-refractivity contribution is 7.10. The number of aromatic nitrogens is 2. The van der Waals surface area contributed by atoms with Crippen molar-refractivity contribution in [2.24, 2.45) is 5.41 Å². The third-order valence-electron chi connectivity index (χ3n) is 7.19. The number of thiophene rings is 1. The Labute approximate surface area is 200 Å². The second-order valence-corrected chi connectivity index (χ2v) is 10.7. The van der Waals surface area contributed by atoms with Gasteiger partial charge in [0.1, 0.15) is 0 Å². The number of nitrogens with zero attached hydrogens (tertiary/aromatic N) is 3. The largest absolute Gasteiger partial charge is 0.373 e. The predicted molar refractivity (Wildman–Crippen MR) is 132 cm³/mol. The monoisotopic (exact) mass is 467 g/mol. The summed E-state index contributed by atoms with van der Waals surface area (Å²) in [4.78, 5) is 12.4. The van der Waals surface area contributed by atoms with E-state index < -0.39 is 0 Å². The minimum atomic E-state index is -0.146. The fourth-order valence-corrected chi connectivity index (χ4v) is 5.85. The van der Waals surface area contributed by atoms with Crippen molar-refractivity contribution in [3.8, 4) is 0 Å². The van der Waals surface area contributed by atoms with Gasteiger partial charge in [-0.3, -0.25) is 14.9 Å². The van der Waals surface area contributed by atoms with E-state index in [2.05, 4.69) is 59.9 Å². The van der Waals surface area contributed by atoms with E-state index in [1.54, 1.807) is 6.07 Å². The van der Waals surface area contributed by atoms with E-state index in [0.717, 1.165) is 42.9 Å². The number of ether oxygens (including phenoxy) is 1. The summed E-state index contributed by atoms with van der Waals surface area (Å²) in [6.07, 6.45) is 8.48. The highest BCUT2D eigenvalue weighted by atomic mass is 32.1. The van der Waals surface area contributed by atoms with Gasteiger partial charge in [-0.1, -0.05) is 6.07 Å². The Balaban J connectivity index is 1.66. The van der Waals surface area contributed by atoms with Crippen LogP contribution in [0.4, 0.5) is 4.39 Å². The Bertz CT molecular complexity index is 1040. The van der Waals surface area contributed by atoms with Crippen LogP contribution < -0.4 is 0 Å². The number of rotatable bonds is 9. The van der Waals surface area contributed by atoms with E-state index in [0.29, 0.717) is 6.61 Å². The van der Waals surface area contributed by atoms with E-state index in [4.69, 9.17) is 4.74 Å². The van der Waals surface area contributed by atoms with Crippen LogP contribution in [0, 0.1) is 17.5 Å². The summed E-state index contributed by atoms with van der Waals surface area (Å²) in [6, 6.07) is 11.9. The Morgan fingerprint density at radius 1 is 1.18 bits per heavy atom. The molecule has 6 heteroatoms. The fourth-order valence-electron chi connectivity index (χ4n) is 5.12. The Morgan fingerprint density at radius 2 is 1.97 bits per heavy atom. The maximum atomic E-state index is 13.7. The molecule has 0 aromatic carbocycles. The van der Waals surface area contributed by atoms with Gasteiger partial charge in [-0.2, -0.15) is 4.39 Å². The normalized spacial score (nSPS) is 20.3. The number of hydrogen-bond donors (Lipinski definition) is 0. The van der Waals surface area contributed by atoms with Crippen LogP contribution in [0.25, 0.3) is 0 Å². The van der Waals surface area contributed by atoms with Crippen LogP contribution in [0.3, 0.4) is 0 Å². The van der Waals surface area contributed by atoms with Crippen molar-refractivity contribution in [1.29, 1.82) is 0 Å². The van der Waals surface area contributed by atoms with Crippen LogP contribution in [-0.2, 0) is 16.7 Å². The third kappa shape index (κ3) is 5.18. The molecule has 1 aliphatic heterocycles. The van der Waals surface area contributed by atoms with Crippen LogP contribution in [0.1, 0.15) is 61.4 Å². The second kappa shape index (κ2) is 10.00. The minimum absolute atomic E-state index is 0.0350. The molecule has 0 spiro atoms. The molecule has 1 saturated heterocycles. The van der Waals surface area contributed by atoms with Crippen LogP contribution >= 0.6 is 11.3 Å². The lowest BCUT2D eigenvalue weighted by atomic mass is 9.74. The van der Waals surface area contributed by atoms with Gasteiger partial charge in [-0.05, 0) is 95.0 Å². The SMILES string of the molecule is CCOC(c1ccncc1)C1(CCc2ccc(F)s2)CCN(C(C)(C)c2ccc(C)nc2)C1. The van der Waals surface area contributed by atoms with E-state index in [1.165, 1.54) is 22.5 Å². The molecule has 0 saturated carbocycles. The molecule has 2 atom stereocenters. The molecule has 3 aromatic heterocycles. The van der Waals surface area contributed by atoms with Crippen molar-refractivity contribution in [1.82, 2.24) is 14.9 Å². The molecule has 176 valence electrons. The van der Waals surface area contributed by atoms with E-state index in [1.807, 2.05) is 31.6 Å². The quantitative estimate of drug-likeness (QED) is 0.369. The summed E-state index contributed by atoms with van der Waals surface area (Å²) in [5, 5.41) is -0.115. The molecule has 0 radical (unpaired) electrons. The van der Waals surface area contributed by atoms with Crippen molar-refractivity contribution >= 4 is 11.3 Å². The topological polar surface area (TPSA) is 38.2 Å². The lowest BCUT2D eigenvalue weighted by Crippen LogP contribution is -2.43. The number of halogens is 1. The Morgan fingerprint density at radius 3 is 2.61 bits per heavy atom. The van der Waals surface area contributed by atoms with Gasteiger partial charge >= 0.3 is 0 Å². The predicted octanol–water partition coefficient (Wildman–Crippen LogP) is 6.32. The highest BCUT2D eigenvalue weighted by Crippen LogP contribution is 2.50. The zero-order valence-electron chi connectivity index (χ0n) is 20.1. The minimum Gasteiger partial charge on any atom is -0.373 e. The molecule has 33 heavy (non-hydrogen) atoms. The van der Waals surface area contributed by atoms with Crippen LogP contribution in [-0.4, -0.2) is 34.6 Å². The van der Waals surface area contributed by atoms with Crippen molar-refractivity contribution < 1.29 is 9.13 Å². The zero-order chi connectivity index (χ0) is 23.5. The van der Waals surface area contributed by atoms with E-state index >= 15 is 0 Å². The maximum absolute atomic E-state index is 13.7. The summed E-state index contributed by atoms with van der Waals surface area (Å²) in [5.41, 5.74) is 3.20. The molecular weight excluding hydrogens is 433 g/mol. The van der Waals surface area contributed by atoms with Crippen molar-refractivity contribution in [2.75, 3.05) is 19.7 Å². The molecule has 4 nitrogen and oxygen atoms in total. The van der Waals surface area contributed by atoms with Gasteiger partial charge in [-0.15, -0.1) is 11.3 Å². The first-order valence-corrected chi connectivity index (χ1v) is 12.6. The number of aryl methyl sites for hydroxylation is 2. The Kier molecular flexibility index (Phi) is 7.27. The lowest BCUT2D eigenvalue weighted by molar-refractivity contribution is -0.0436. The average molecular weight is 468 g/mol. The van der Waals surface area contributed by atoms with Crippen LogP contribution in [0.2, 0.25) is 0 Å². The smallest absolute Gasteiger partial charge is 0.176 e. The molecular formula is C27H34FN3OS. The molecule has 1 fully saturated rings. The summed E-state index contributed by atoms with van der Waals surface area (Å²) < 4.78 is 20.1. The van der Waals surface area contributed by atoms with Gasteiger partial charge in [0.25, 0.3) is 0 Å². The first-order valence-electron chi connectivity index (χ1n) is 11.8. The van der Waals surface area contributed by atoms with Gasteiger partial charge in [0.05, 0.1) is 6.10 Å². The highest BCUT2D eigenvalue weighted by Gasteiger charge is 2.49. The first-order chi connectivity index (χ1) is 15.8. The molecule has 2 unspecified atom stereocenters. The summed E-state index contributed by atoms with van der Waals surface area (Å²) in [5.74, 6) is 0. The lowest BCUT2D eigenvalue weighted by Gasteiger charge is -2.41. The van der Waals surface area contributed by atoms with Crippen LogP contribution in [0.15, 0.2) is 55.0 Å². The number of likely N-dealkylation sites (tertiary alicyclic amines) is 1. The van der Waals surface area contributed by atoms with Gasteiger partial charge in [0, 0.05) is 53.3 Å². The van der Waals surface area contributed by atoms with Gasteiger partial charge < -0.3 is 4.74 Å². The Hall–Kier alpha value is -2.15. The molecule has 0 amide bonds. The van der Waals surface area contributed by atoms with Gasteiger partial charge in [-0.25, -0.2) is 0 Å². The molecule has 3 aromatic rings. The van der Waals surface area contributed by atoms with Crippen molar-refractivity contribution in [3.63, 3.8) is 0 Å². The standard InChI is InChI=1S/C27H34FN3OS/c1-5-32-25(21-11-15-29-16-12-21)27(13-10-23-8-9-24(28)33-23)14-17-31(19-27)26(3,4)22-7-6-20(2)30-18-22/h6-9,11-12,15-16,18,25H,5,10,13-14,17,19H2,1-4H3. The fraction of sp³-hybridized carbons (Fsp3) is 0.481. The maximum Gasteiger partial charge on any atom is 0.176 e. The van der Waals surface area contributed by atoms with Crippen molar-refractivity contribution in [2.45, 2.75) is 58.6 Å². The van der Waals surface area contributed by atoms with Gasteiger partial charge in [0.2, 0.25) is 0 Å². The summed E-state index contributed by atoms with van der Waals surface area (Å²) in [7, 11) is 0. The van der Waals surface area contributed by atoms with Crippen molar-refractivity contribution in [3.05, 3.63) is 81.8 Å². The van der Waals surface area contributed by atoms with Gasteiger partial charge in [0.15, 0.2) is 5.13 Å². The number of hydrogen-bond acceptors (Lipinski definition) is 5. The third-order valence-corrected chi connectivity index (χ3v) is 8.12. The van der Waals surface area contributed by atoms with E-state index in [-0.39, 0.29) is 22.2 Å². The molecule has 0 aliphatic carbocycles. The molecule has 1 aliphatic rings. The molecule has 4 heterocycles. The molecule has 0 N–H and O–H groups in total. The van der Waals surface area contributed by atoms with E-state index in [9.17, 15) is 4.39 Å². The first kappa shape index (κ1) is 24.0. The number of pyridine rings is 2. The average Bonchev–Trinajstić information content (AvgIpc) is 3.44. The molecule has 4 rings (SSSR count).